The van der Waals surface area contributed by atoms with Crippen LogP contribution in [0.4, 0.5) is 0 Å². The zero-order valence-corrected chi connectivity index (χ0v) is 27.8. The number of carbonyl (C=O) groups is 1. The van der Waals surface area contributed by atoms with Crippen molar-refractivity contribution >= 4 is 14.3 Å². The molecule has 43 heavy (non-hydrogen) atoms. The molecule has 1 aromatic heterocycles. The summed E-state index contributed by atoms with van der Waals surface area (Å²) in [5.74, 6) is 1.31. The van der Waals surface area contributed by atoms with Crippen LogP contribution in [-0.2, 0) is 16.1 Å². The second kappa shape index (κ2) is 14.4. The molecule has 10 heteroatoms. The summed E-state index contributed by atoms with van der Waals surface area (Å²) in [5.41, 5.74) is 3.35. The number of hydrogen-bond donors (Lipinski definition) is 0. The largest absolute Gasteiger partial charge is 0.543 e. The minimum atomic E-state index is -1.98. The molecular formula is C33H48N6O3Si. The van der Waals surface area contributed by atoms with Crippen molar-refractivity contribution in [3.05, 3.63) is 72.3 Å². The summed E-state index contributed by atoms with van der Waals surface area (Å²) in [6.07, 6.45) is 2.93. The summed E-state index contributed by atoms with van der Waals surface area (Å²) in [5, 5.41) is 13.1. The molecule has 1 fully saturated rings. The first-order valence-corrected chi connectivity index (χ1v) is 18.3. The highest BCUT2D eigenvalue weighted by Crippen LogP contribution is 2.39. The van der Waals surface area contributed by atoms with Crippen molar-refractivity contribution in [2.24, 2.45) is 0 Å². The Morgan fingerprint density at radius 2 is 1.79 bits per heavy atom. The molecule has 1 unspecified atom stereocenters. The number of piperazine rings is 1. The smallest absolute Gasteiger partial charge is 0.305 e. The average molecular weight is 605 g/mol. The monoisotopic (exact) mass is 604 g/mol. The Balaban J connectivity index is 1.55. The van der Waals surface area contributed by atoms with Crippen molar-refractivity contribution in [2.75, 3.05) is 39.3 Å². The van der Waals surface area contributed by atoms with Crippen LogP contribution in [0.2, 0.25) is 18.1 Å². The van der Waals surface area contributed by atoms with Crippen LogP contribution in [-0.4, -0.2) is 83.6 Å². The molecule has 0 spiro atoms. The lowest BCUT2D eigenvalue weighted by atomic mass is 9.95. The number of carbonyl (C=O) groups excluding carboxylic acids is 1. The summed E-state index contributed by atoms with van der Waals surface area (Å²) in [6, 6.07) is 17.3. The van der Waals surface area contributed by atoms with E-state index in [0.717, 1.165) is 44.0 Å². The van der Waals surface area contributed by atoms with Crippen molar-refractivity contribution < 1.29 is 14.0 Å². The molecule has 2 aromatic carbocycles. The van der Waals surface area contributed by atoms with Gasteiger partial charge < -0.3 is 9.16 Å². The molecule has 1 aliphatic heterocycles. The molecule has 0 aliphatic carbocycles. The highest BCUT2D eigenvalue weighted by atomic mass is 28.4. The standard InChI is InChI=1S/C33H48N6O3Si/c1-8-19-37-21-23-38(24-22-37)31(28-12-10-13-29(25-28)42-43(6,7)33(3,4)5)26-15-17-27(18-16-26)32-34-36-39(35-32)20-11-14-30(40)41-9-2/h8,10,12-13,15-18,25,31H,1,9,11,14,19-24H2,2-7H3. The predicted octanol–water partition coefficient (Wildman–Crippen LogP) is 5.96. The molecule has 0 bridgehead atoms. The summed E-state index contributed by atoms with van der Waals surface area (Å²) in [4.78, 5) is 18.2. The summed E-state index contributed by atoms with van der Waals surface area (Å²) < 4.78 is 11.7. The second-order valence-corrected chi connectivity index (χ2v) is 17.4. The van der Waals surface area contributed by atoms with E-state index in [1.165, 1.54) is 11.1 Å². The number of tetrazole rings is 1. The van der Waals surface area contributed by atoms with Gasteiger partial charge in [0.25, 0.3) is 0 Å². The van der Waals surface area contributed by atoms with Gasteiger partial charge in [-0.1, -0.05) is 63.2 Å². The van der Waals surface area contributed by atoms with Crippen molar-refractivity contribution in [2.45, 2.75) is 71.3 Å². The Labute approximate surface area is 258 Å². The van der Waals surface area contributed by atoms with Gasteiger partial charge in [-0.05, 0) is 59.9 Å². The Morgan fingerprint density at radius 3 is 2.44 bits per heavy atom. The number of esters is 1. The fourth-order valence-corrected chi connectivity index (χ4v) is 6.08. The Hall–Kier alpha value is -3.34. The lowest BCUT2D eigenvalue weighted by Gasteiger charge is -2.40. The molecule has 1 saturated heterocycles. The maximum atomic E-state index is 11.6. The van der Waals surface area contributed by atoms with Crippen LogP contribution in [0, 0.1) is 0 Å². The molecule has 1 aliphatic rings. The van der Waals surface area contributed by atoms with E-state index in [4.69, 9.17) is 9.16 Å². The van der Waals surface area contributed by atoms with Gasteiger partial charge in [0.2, 0.25) is 14.1 Å². The van der Waals surface area contributed by atoms with Gasteiger partial charge in [0.15, 0.2) is 0 Å². The van der Waals surface area contributed by atoms with E-state index in [0.29, 0.717) is 31.8 Å². The van der Waals surface area contributed by atoms with E-state index < -0.39 is 8.32 Å². The molecule has 0 amide bonds. The van der Waals surface area contributed by atoms with Gasteiger partial charge >= 0.3 is 5.97 Å². The molecule has 2 heterocycles. The van der Waals surface area contributed by atoms with Crippen LogP contribution in [0.3, 0.4) is 0 Å². The van der Waals surface area contributed by atoms with E-state index >= 15 is 0 Å². The van der Waals surface area contributed by atoms with Crippen LogP contribution in [0.5, 0.6) is 5.75 Å². The molecule has 0 N–H and O–H groups in total. The third-order valence-electron chi connectivity index (χ3n) is 8.49. The Morgan fingerprint density at radius 1 is 1.07 bits per heavy atom. The zero-order valence-electron chi connectivity index (χ0n) is 26.8. The first-order valence-electron chi connectivity index (χ1n) is 15.4. The van der Waals surface area contributed by atoms with Gasteiger partial charge in [0.05, 0.1) is 19.2 Å². The maximum absolute atomic E-state index is 11.6. The van der Waals surface area contributed by atoms with Crippen LogP contribution in [0.1, 0.15) is 57.7 Å². The number of aromatic nitrogens is 4. The SMILES string of the molecule is C=CCN1CCN(C(c2ccc(-c3nnn(CCCC(=O)OCC)n3)cc2)c2cccc(O[Si](C)(C)C(C)(C)C)c2)CC1. The third-order valence-corrected chi connectivity index (χ3v) is 12.9. The lowest BCUT2D eigenvalue weighted by molar-refractivity contribution is -0.143. The number of hydrogen-bond acceptors (Lipinski definition) is 8. The van der Waals surface area contributed by atoms with Gasteiger partial charge in [-0.2, -0.15) is 4.80 Å². The van der Waals surface area contributed by atoms with Crippen LogP contribution in [0.25, 0.3) is 11.4 Å². The fourth-order valence-electron chi connectivity index (χ4n) is 5.06. The highest BCUT2D eigenvalue weighted by molar-refractivity contribution is 6.74. The molecular weight excluding hydrogens is 556 g/mol. The topological polar surface area (TPSA) is 85.6 Å². The van der Waals surface area contributed by atoms with Crippen molar-refractivity contribution in [3.63, 3.8) is 0 Å². The number of ether oxygens (including phenoxy) is 1. The van der Waals surface area contributed by atoms with E-state index in [1.54, 1.807) is 4.80 Å². The van der Waals surface area contributed by atoms with Crippen LogP contribution >= 0.6 is 0 Å². The average Bonchev–Trinajstić information content (AvgIpc) is 3.43. The van der Waals surface area contributed by atoms with Gasteiger partial charge in [-0.25, -0.2) is 0 Å². The van der Waals surface area contributed by atoms with Crippen molar-refractivity contribution in [1.29, 1.82) is 0 Å². The Bertz CT molecular complexity index is 1340. The minimum absolute atomic E-state index is 0.0921. The third kappa shape index (κ3) is 8.61. The number of aryl methyl sites for hydroxylation is 1. The summed E-state index contributed by atoms with van der Waals surface area (Å²) in [7, 11) is -1.98. The predicted molar refractivity (Wildman–Crippen MR) is 173 cm³/mol. The number of nitrogens with zero attached hydrogens (tertiary/aromatic N) is 6. The van der Waals surface area contributed by atoms with Gasteiger partial charge in [0.1, 0.15) is 5.75 Å². The molecule has 232 valence electrons. The molecule has 0 saturated carbocycles. The van der Waals surface area contributed by atoms with Gasteiger partial charge in [0, 0.05) is 44.7 Å². The summed E-state index contributed by atoms with van der Waals surface area (Å²) in [6.45, 7) is 22.9. The number of rotatable bonds is 13. The van der Waals surface area contributed by atoms with E-state index in [1.807, 2.05) is 13.0 Å². The minimum Gasteiger partial charge on any atom is -0.543 e. The summed E-state index contributed by atoms with van der Waals surface area (Å²) >= 11 is 0. The maximum Gasteiger partial charge on any atom is 0.305 e. The first kappa shape index (κ1) is 32.6. The fraction of sp³-hybridized carbons (Fsp3) is 0.515. The molecule has 1 atom stereocenters. The van der Waals surface area contributed by atoms with E-state index in [9.17, 15) is 4.79 Å². The molecule has 9 nitrogen and oxygen atoms in total. The van der Waals surface area contributed by atoms with Gasteiger partial charge in [-0.15, -0.1) is 16.8 Å². The van der Waals surface area contributed by atoms with Gasteiger partial charge in [-0.3, -0.25) is 14.6 Å². The quantitative estimate of drug-likeness (QED) is 0.134. The van der Waals surface area contributed by atoms with Crippen LogP contribution < -0.4 is 4.43 Å². The van der Waals surface area contributed by atoms with Crippen LogP contribution in [0.15, 0.2) is 61.2 Å². The molecule has 0 radical (unpaired) electrons. The van der Waals surface area contributed by atoms with Crippen molar-refractivity contribution in [3.8, 4) is 17.1 Å². The molecule has 3 aromatic rings. The van der Waals surface area contributed by atoms with Crippen molar-refractivity contribution in [1.82, 2.24) is 30.0 Å². The zero-order chi connectivity index (χ0) is 31.0. The first-order chi connectivity index (χ1) is 20.5. The highest BCUT2D eigenvalue weighted by Gasteiger charge is 2.39. The lowest BCUT2D eigenvalue weighted by Crippen LogP contribution is -2.47. The number of benzene rings is 2. The second-order valence-electron chi connectivity index (χ2n) is 12.7. The Kier molecular flexibility index (Phi) is 10.9. The van der Waals surface area contributed by atoms with E-state index in [2.05, 4.69) is 114 Å². The van der Waals surface area contributed by atoms with E-state index in [-0.39, 0.29) is 17.0 Å². The normalized spacial score (nSPS) is 15.7. The molecule has 4 rings (SSSR count).